The second-order valence-corrected chi connectivity index (χ2v) is 9.13. The van der Waals surface area contributed by atoms with Gasteiger partial charge in [0.05, 0.1) is 13.2 Å². The van der Waals surface area contributed by atoms with Crippen molar-refractivity contribution in [1.82, 2.24) is 9.80 Å². The lowest BCUT2D eigenvalue weighted by atomic mass is 9.84. The van der Waals surface area contributed by atoms with Gasteiger partial charge in [-0.25, -0.2) is 8.78 Å². The number of hydrogen-bond donors (Lipinski definition) is 0. The molecule has 2 saturated heterocycles. The molecule has 8 heteroatoms. The van der Waals surface area contributed by atoms with Gasteiger partial charge in [0.15, 0.2) is 0 Å². The van der Waals surface area contributed by atoms with E-state index in [4.69, 9.17) is 9.47 Å². The number of hydrogen-bond acceptors (Lipinski definition) is 4. The van der Waals surface area contributed by atoms with Crippen LogP contribution in [0.5, 0.6) is 5.75 Å². The van der Waals surface area contributed by atoms with E-state index in [0.717, 1.165) is 5.75 Å². The normalized spacial score (nSPS) is 26.6. The number of morpholine rings is 1. The van der Waals surface area contributed by atoms with E-state index in [2.05, 4.69) is 0 Å². The average molecular weight is 451 g/mol. The number of likely N-dealkylation sites (tertiary alicyclic amines) is 1. The first-order chi connectivity index (χ1) is 15.4. The average Bonchev–Trinajstić information content (AvgIpc) is 2.81. The molecule has 2 aliphatic heterocycles. The number of piperidine rings is 1. The van der Waals surface area contributed by atoms with Gasteiger partial charge in [-0.1, -0.05) is 18.2 Å². The van der Waals surface area contributed by atoms with E-state index >= 15 is 0 Å². The summed E-state index contributed by atoms with van der Waals surface area (Å²) in [5, 5.41) is 0. The van der Waals surface area contributed by atoms with Gasteiger partial charge in [-0.05, 0) is 25.0 Å². The molecular formula is C24H32F2N2O4. The van der Waals surface area contributed by atoms with Crippen LogP contribution in [0.4, 0.5) is 8.78 Å². The lowest BCUT2D eigenvalue weighted by Gasteiger charge is -2.41. The van der Waals surface area contributed by atoms with Crippen molar-refractivity contribution in [1.29, 1.82) is 0 Å². The number of benzene rings is 1. The zero-order valence-corrected chi connectivity index (χ0v) is 18.4. The summed E-state index contributed by atoms with van der Waals surface area (Å²) < 4.78 is 38.6. The highest BCUT2D eigenvalue weighted by atomic mass is 19.3. The Labute approximate surface area is 187 Å². The van der Waals surface area contributed by atoms with Crippen LogP contribution in [0, 0.1) is 11.8 Å². The molecule has 0 N–H and O–H groups in total. The molecule has 4 rings (SSSR count). The zero-order valence-electron chi connectivity index (χ0n) is 18.4. The second-order valence-electron chi connectivity index (χ2n) is 9.13. The summed E-state index contributed by atoms with van der Waals surface area (Å²) in [6, 6.07) is 9.50. The smallest absolute Gasteiger partial charge is 0.248 e. The van der Waals surface area contributed by atoms with Gasteiger partial charge in [-0.3, -0.25) is 9.59 Å². The van der Waals surface area contributed by atoms with Gasteiger partial charge in [0, 0.05) is 63.7 Å². The monoisotopic (exact) mass is 450 g/mol. The molecule has 2 heterocycles. The standard InChI is InChI=1S/C24H32F2N2O4/c25-24(26)9-6-18(7-10-24)23(30)28-11-8-21(32-20-4-2-1-3-5-20)19(17-28)16-22(29)27-12-14-31-15-13-27/h1-5,18-19,21H,6-17H2/t19-,21-/m0/s1. The number of nitrogens with zero attached hydrogens (tertiary/aromatic N) is 2. The molecule has 0 radical (unpaired) electrons. The number of amides is 2. The minimum Gasteiger partial charge on any atom is -0.490 e. The molecule has 3 aliphatic rings. The summed E-state index contributed by atoms with van der Waals surface area (Å²) in [7, 11) is 0. The zero-order chi connectivity index (χ0) is 22.6. The van der Waals surface area contributed by atoms with Crippen molar-refractivity contribution in [3.8, 4) is 5.75 Å². The Morgan fingerprint density at radius 2 is 1.69 bits per heavy atom. The molecule has 1 aromatic rings. The van der Waals surface area contributed by atoms with Crippen molar-refractivity contribution in [2.75, 3.05) is 39.4 Å². The predicted octanol–water partition coefficient (Wildman–Crippen LogP) is 3.36. The number of ether oxygens (including phenoxy) is 2. The highest BCUT2D eigenvalue weighted by Gasteiger charge is 2.41. The Morgan fingerprint density at radius 1 is 1.00 bits per heavy atom. The van der Waals surface area contributed by atoms with Crippen LogP contribution >= 0.6 is 0 Å². The summed E-state index contributed by atoms with van der Waals surface area (Å²) in [4.78, 5) is 29.6. The molecule has 2 atom stereocenters. The molecule has 1 saturated carbocycles. The lowest BCUT2D eigenvalue weighted by molar-refractivity contribution is -0.146. The minimum absolute atomic E-state index is 0.0477. The van der Waals surface area contributed by atoms with Crippen LogP contribution < -0.4 is 4.74 Å². The largest absolute Gasteiger partial charge is 0.490 e. The molecule has 0 spiro atoms. The van der Waals surface area contributed by atoms with E-state index in [-0.39, 0.29) is 55.4 Å². The summed E-state index contributed by atoms with van der Waals surface area (Å²) in [6.07, 6.45) is 0.732. The number of halogens is 2. The second kappa shape index (κ2) is 10.1. The first kappa shape index (κ1) is 23.0. The van der Waals surface area contributed by atoms with E-state index in [9.17, 15) is 18.4 Å². The lowest BCUT2D eigenvalue weighted by Crippen LogP contribution is -2.52. The predicted molar refractivity (Wildman–Crippen MR) is 114 cm³/mol. The summed E-state index contributed by atoms with van der Waals surface area (Å²) in [5.41, 5.74) is 0. The summed E-state index contributed by atoms with van der Waals surface area (Å²) in [6.45, 7) is 3.17. The van der Waals surface area contributed by atoms with Gasteiger partial charge >= 0.3 is 0 Å². The fourth-order valence-corrected chi connectivity index (χ4v) is 4.95. The molecule has 0 bridgehead atoms. The van der Waals surface area contributed by atoms with E-state index in [1.165, 1.54) is 0 Å². The Balaban J connectivity index is 1.42. The molecular weight excluding hydrogens is 418 g/mol. The Bertz CT molecular complexity index is 775. The fourth-order valence-electron chi connectivity index (χ4n) is 4.95. The van der Waals surface area contributed by atoms with Crippen molar-refractivity contribution < 1.29 is 27.8 Å². The number of alkyl halides is 2. The SMILES string of the molecule is O=C(C[C@H]1CN(C(=O)C2CCC(F)(F)CC2)CC[C@@H]1Oc1ccccc1)N1CCOCC1. The van der Waals surface area contributed by atoms with Crippen LogP contribution in [0.2, 0.25) is 0 Å². The maximum atomic E-state index is 13.5. The third-order valence-electron chi connectivity index (χ3n) is 6.87. The van der Waals surface area contributed by atoms with Gasteiger partial charge in [0.2, 0.25) is 17.7 Å². The first-order valence-corrected chi connectivity index (χ1v) is 11.7. The molecule has 0 unspecified atom stereocenters. The van der Waals surface area contributed by atoms with Crippen LogP contribution in [0.25, 0.3) is 0 Å². The van der Waals surface area contributed by atoms with Gasteiger partial charge in [-0.15, -0.1) is 0 Å². The molecule has 0 aromatic heterocycles. The quantitative estimate of drug-likeness (QED) is 0.690. The highest BCUT2D eigenvalue weighted by molar-refractivity contribution is 5.80. The Morgan fingerprint density at radius 3 is 2.38 bits per heavy atom. The molecule has 1 aliphatic carbocycles. The third kappa shape index (κ3) is 5.77. The molecule has 3 fully saturated rings. The van der Waals surface area contributed by atoms with Crippen molar-refractivity contribution in [2.24, 2.45) is 11.8 Å². The number of rotatable bonds is 5. The van der Waals surface area contributed by atoms with E-state index < -0.39 is 5.92 Å². The Hall–Kier alpha value is -2.22. The third-order valence-corrected chi connectivity index (χ3v) is 6.87. The Kier molecular flexibility index (Phi) is 7.28. The first-order valence-electron chi connectivity index (χ1n) is 11.7. The van der Waals surface area contributed by atoms with Crippen LogP contribution in [0.3, 0.4) is 0 Å². The van der Waals surface area contributed by atoms with Crippen LogP contribution in [-0.4, -0.2) is 73.0 Å². The maximum Gasteiger partial charge on any atom is 0.248 e. The topological polar surface area (TPSA) is 59.1 Å². The van der Waals surface area contributed by atoms with Crippen molar-refractivity contribution in [3.05, 3.63) is 30.3 Å². The van der Waals surface area contributed by atoms with Gasteiger partial charge < -0.3 is 19.3 Å². The van der Waals surface area contributed by atoms with Crippen LogP contribution in [0.1, 0.15) is 38.5 Å². The van der Waals surface area contributed by atoms with Crippen molar-refractivity contribution in [3.63, 3.8) is 0 Å². The molecule has 32 heavy (non-hydrogen) atoms. The molecule has 6 nitrogen and oxygen atoms in total. The highest BCUT2D eigenvalue weighted by Crippen LogP contribution is 2.37. The number of para-hydroxylation sites is 1. The van der Waals surface area contributed by atoms with Gasteiger partial charge in [0.1, 0.15) is 11.9 Å². The van der Waals surface area contributed by atoms with E-state index in [1.54, 1.807) is 4.90 Å². The summed E-state index contributed by atoms with van der Waals surface area (Å²) >= 11 is 0. The van der Waals surface area contributed by atoms with E-state index in [1.807, 2.05) is 35.2 Å². The van der Waals surface area contributed by atoms with Crippen molar-refractivity contribution >= 4 is 11.8 Å². The summed E-state index contributed by atoms with van der Waals surface area (Å²) in [5.74, 6) is -2.41. The van der Waals surface area contributed by atoms with Crippen LogP contribution in [0.15, 0.2) is 30.3 Å². The number of carbonyl (C=O) groups excluding carboxylic acids is 2. The van der Waals surface area contributed by atoms with Gasteiger partial charge in [0.25, 0.3) is 0 Å². The molecule has 2 amide bonds. The van der Waals surface area contributed by atoms with Crippen LogP contribution in [-0.2, 0) is 14.3 Å². The fraction of sp³-hybridized carbons (Fsp3) is 0.667. The van der Waals surface area contributed by atoms with Gasteiger partial charge in [-0.2, -0.15) is 0 Å². The number of carbonyl (C=O) groups is 2. The van der Waals surface area contributed by atoms with E-state index in [0.29, 0.717) is 52.2 Å². The molecule has 1 aromatic carbocycles. The maximum absolute atomic E-state index is 13.5. The molecule has 176 valence electrons. The van der Waals surface area contributed by atoms with Crippen molar-refractivity contribution in [2.45, 2.75) is 50.6 Å². The minimum atomic E-state index is -2.65.